The van der Waals surface area contributed by atoms with Gasteiger partial charge in [0.1, 0.15) is 45.4 Å². The predicted octanol–water partition coefficient (Wildman–Crippen LogP) is 13.2. The summed E-state index contributed by atoms with van der Waals surface area (Å²) in [6, 6.07) is 34.8. The van der Waals surface area contributed by atoms with Gasteiger partial charge < -0.3 is 19.6 Å². The number of aromatic nitrogens is 20. The molecule has 0 radical (unpaired) electrons. The fourth-order valence-corrected chi connectivity index (χ4v) is 20.8. The average molecular weight is 1780 g/mol. The molecule has 16 aromatic heterocycles. The van der Waals surface area contributed by atoms with E-state index in [-0.39, 0.29) is 22.2 Å². The number of piperazine rings is 3. The van der Waals surface area contributed by atoms with Gasteiger partial charge in [-0.2, -0.15) is 20.4 Å². The zero-order chi connectivity index (χ0) is 91.2. The highest BCUT2D eigenvalue weighted by atomic mass is 16.1. The van der Waals surface area contributed by atoms with Crippen molar-refractivity contribution in [3.8, 4) is 45.6 Å². The summed E-state index contributed by atoms with van der Waals surface area (Å²) in [7, 11) is 0. The number of likely N-dealkylation sites (tertiary alicyclic amines) is 1. The maximum absolute atomic E-state index is 13.1. The van der Waals surface area contributed by atoms with Gasteiger partial charge in [0.2, 0.25) is 0 Å². The van der Waals surface area contributed by atoms with Crippen molar-refractivity contribution >= 4 is 61.7 Å². The van der Waals surface area contributed by atoms with Crippen LogP contribution in [0.2, 0.25) is 0 Å². The highest BCUT2D eigenvalue weighted by Gasteiger charge is 2.37. The lowest BCUT2D eigenvalue weighted by Crippen LogP contribution is -2.57. The Balaban J connectivity index is 0.000000110. The number of rotatable bonds is 15. The summed E-state index contributed by atoms with van der Waals surface area (Å²) < 4.78 is 14.0. The quantitative estimate of drug-likeness (QED) is 0.0921. The second-order valence-electron chi connectivity index (χ2n) is 37.8. The van der Waals surface area contributed by atoms with E-state index >= 15 is 0 Å². The van der Waals surface area contributed by atoms with E-state index in [1.807, 2.05) is 151 Å². The molecule has 3 saturated carbocycles. The number of nitrogens with zero attached hydrogens (tertiary/aromatic N) is 27. The number of hydrogen-bond donors (Lipinski definition) is 0. The molecule has 16 aromatic rings. The van der Waals surface area contributed by atoms with Crippen LogP contribution in [0.4, 0.5) is 17.1 Å². The van der Waals surface area contributed by atoms with E-state index in [1.165, 1.54) is 70.0 Å². The molecule has 23 rings (SSSR count). The van der Waals surface area contributed by atoms with Gasteiger partial charge >= 0.3 is 0 Å². The number of hydrogen-bond acceptors (Lipinski definition) is 23. The molecule has 31 heteroatoms. The Kier molecular flexibility index (Phi) is 23.8. The van der Waals surface area contributed by atoms with Crippen LogP contribution in [0.3, 0.4) is 0 Å². The maximum Gasteiger partial charge on any atom is 0.258 e. The molecule has 132 heavy (non-hydrogen) atoms. The SMILES string of the molecule is CCc1nc(C)cn2nc(-c3cc(=O)n4cc(N5CCN(C(C)C)[C@H](C)C5)ccc4n3)cc12.CCc1nc(C)cn2nc(-c3cc(=O)n4cc(N5CCN(C6CC6)[C@H](C)C5)ccc4n3)cc12.CCc1nc(C)cn2nc(-c3cc(=O)n4cc(N5CCN(C6CCC6)[C@H](C)C5)ccc4n3)cc12.Cc1cn2nc(-c3cc(=O)n4cc(C5CCN(C6CCC6)CC5)ccc4n3)cc2c(C)n1. The molecule has 20 heterocycles. The first-order valence-corrected chi connectivity index (χ1v) is 47.7. The normalized spacial score (nSPS) is 18.8. The largest absolute Gasteiger partial charge is 0.367 e. The van der Waals surface area contributed by atoms with Gasteiger partial charge in [0.15, 0.2) is 0 Å². The third-order valence-corrected chi connectivity index (χ3v) is 28.3. The van der Waals surface area contributed by atoms with E-state index in [2.05, 4.69) is 154 Å². The molecular formula is C101H119N27O4. The van der Waals surface area contributed by atoms with Crippen molar-refractivity contribution in [3.05, 3.63) is 239 Å². The predicted molar refractivity (Wildman–Crippen MR) is 518 cm³/mol. The molecule has 31 nitrogen and oxygen atoms in total. The van der Waals surface area contributed by atoms with Gasteiger partial charge in [0, 0.05) is 150 Å². The summed E-state index contributed by atoms with van der Waals surface area (Å²) in [5.41, 5.74) is 23.0. The van der Waals surface area contributed by atoms with Crippen LogP contribution in [0.15, 0.2) is 166 Å². The lowest BCUT2D eigenvalue weighted by atomic mass is 9.86. The van der Waals surface area contributed by atoms with E-state index < -0.39 is 0 Å². The average Bonchev–Trinajstić information content (AvgIpc) is 1.62. The van der Waals surface area contributed by atoms with Crippen LogP contribution < -0.4 is 36.9 Å². The molecule has 7 aliphatic rings. The van der Waals surface area contributed by atoms with Crippen molar-refractivity contribution in [2.45, 2.75) is 222 Å². The van der Waals surface area contributed by atoms with Crippen molar-refractivity contribution in [1.29, 1.82) is 0 Å². The summed E-state index contributed by atoms with van der Waals surface area (Å²) in [4.78, 5) is 107. The van der Waals surface area contributed by atoms with E-state index in [0.29, 0.717) is 98.2 Å². The maximum atomic E-state index is 13.1. The van der Waals surface area contributed by atoms with Crippen LogP contribution in [0, 0.1) is 34.6 Å². The summed E-state index contributed by atoms with van der Waals surface area (Å²) in [6.07, 6.45) is 31.0. The first-order valence-electron chi connectivity index (χ1n) is 47.7. The summed E-state index contributed by atoms with van der Waals surface area (Å²) in [5, 5.41) is 18.7. The molecule has 0 amide bonds. The molecule has 0 unspecified atom stereocenters. The Morgan fingerprint density at radius 2 is 0.674 bits per heavy atom. The molecule has 0 spiro atoms. The van der Waals surface area contributed by atoms with Gasteiger partial charge in [-0.3, -0.25) is 71.4 Å². The fraction of sp³-hybridized carbons (Fsp3) is 0.446. The van der Waals surface area contributed by atoms with E-state index in [4.69, 9.17) is 19.9 Å². The molecule has 0 bridgehead atoms. The van der Waals surface area contributed by atoms with Gasteiger partial charge in [-0.1, -0.05) is 39.7 Å². The monoisotopic (exact) mass is 1770 g/mol. The Labute approximate surface area is 766 Å². The Bertz CT molecular complexity index is 7130. The summed E-state index contributed by atoms with van der Waals surface area (Å²) in [5.74, 6) is 0.513. The van der Waals surface area contributed by atoms with Crippen LogP contribution in [0.5, 0.6) is 0 Å². The number of anilines is 3. The molecule has 4 aliphatic heterocycles. The first-order chi connectivity index (χ1) is 63.9. The zero-order valence-corrected chi connectivity index (χ0v) is 78.2. The molecule has 3 aliphatic carbocycles. The first kappa shape index (κ1) is 87.2. The van der Waals surface area contributed by atoms with E-state index in [0.717, 1.165) is 194 Å². The van der Waals surface area contributed by atoms with Gasteiger partial charge in [-0.05, 0) is 231 Å². The summed E-state index contributed by atoms with van der Waals surface area (Å²) in [6.45, 7) is 38.8. The third kappa shape index (κ3) is 17.4. The molecule has 4 saturated heterocycles. The molecule has 0 aromatic carbocycles. The second-order valence-corrected chi connectivity index (χ2v) is 37.8. The minimum absolute atomic E-state index is 0.0677. The molecule has 7 fully saturated rings. The second kappa shape index (κ2) is 36.0. The van der Waals surface area contributed by atoms with E-state index in [1.54, 1.807) is 41.9 Å². The number of fused-ring (bicyclic) bond motifs is 8. The molecule has 682 valence electrons. The number of pyridine rings is 4. The van der Waals surface area contributed by atoms with Gasteiger partial charge in [0.25, 0.3) is 22.2 Å². The summed E-state index contributed by atoms with van der Waals surface area (Å²) >= 11 is 0. The standard InChI is InChI=1S/C26H31N7O.C25H29N7O.C25H31N7O.C25H28N6O/c1-4-21-24-12-23(29-33(24)14-17(2)27-21)22-13-26(34)32-16-20(8-9-25(32)28-22)30-10-11-31(18(3)15-30)19-6-5-7-19;1-4-20-23-11-22(28-32(23)13-16(2)26-20)21-12-25(33)31-15-19(7-8-24(31)27-21)29-9-10-30(17(3)14-29)18-5-6-18;1-6-20-23-11-22(28-32(23)13-17(4)26-20)21-12-25(33)31-15-19(7-8-24(31)27-21)29-9-10-30(16(2)3)18(5)14-29;1-16-14-31-23(17(2)26-16)12-22(28-31)21-13-25(32)30-15-19(6-7-24(30)27-21)18-8-10-29(11-9-18)20-4-3-5-20/h8-9,12-14,16,18-19H,4-7,10-11,15H2,1-3H3;7-8,11-13,15,17-18H,4-6,9-10,14H2,1-3H3;7-8,11-13,15-16,18H,6,9-10,14H2,1-5H3;6-7,12-15,18,20H,3-5,8-11H2,1-2H3/t18-;17-;18-;/m111./s1. The Morgan fingerprint density at radius 1 is 0.333 bits per heavy atom. The third-order valence-electron chi connectivity index (χ3n) is 28.3. The molecule has 3 atom stereocenters. The van der Waals surface area contributed by atoms with Crippen molar-refractivity contribution in [3.63, 3.8) is 0 Å². The minimum Gasteiger partial charge on any atom is -0.367 e. The number of piperidine rings is 1. The van der Waals surface area contributed by atoms with Crippen molar-refractivity contribution in [1.82, 2.24) is 116 Å². The van der Waals surface area contributed by atoms with Crippen LogP contribution in [0.1, 0.15) is 177 Å². The van der Waals surface area contributed by atoms with Crippen molar-refractivity contribution < 1.29 is 0 Å². The van der Waals surface area contributed by atoms with Gasteiger partial charge in [-0.15, -0.1) is 0 Å². The van der Waals surface area contributed by atoms with Gasteiger partial charge in [-0.25, -0.2) is 38.0 Å². The smallest absolute Gasteiger partial charge is 0.258 e. The fourth-order valence-electron chi connectivity index (χ4n) is 20.8. The Hall–Kier alpha value is -12.8. The van der Waals surface area contributed by atoms with E-state index in [9.17, 15) is 19.2 Å². The molecule has 0 N–H and O–H groups in total. The van der Waals surface area contributed by atoms with Crippen LogP contribution in [-0.4, -0.2) is 230 Å². The van der Waals surface area contributed by atoms with Crippen LogP contribution in [-0.2, 0) is 19.3 Å². The lowest BCUT2D eigenvalue weighted by molar-refractivity contribution is 0.0775. The Morgan fingerprint density at radius 3 is 1.02 bits per heavy atom. The van der Waals surface area contributed by atoms with Crippen molar-refractivity contribution in [2.75, 3.05) is 86.7 Å². The highest BCUT2D eigenvalue weighted by molar-refractivity contribution is 5.71. The molecular weight excluding hydrogens is 1660 g/mol. The van der Waals surface area contributed by atoms with Crippen LogP contribution in [0.25, 0.3) is 90.2 Å². The zero-order valence-electron chi connectivity index (χ0n) is 78.2. The van der Waals surface area contributed by atoms with Gasteiger partial charge in [0.05, 0.1) is 132 Å². The number of aryl methyl sites for hydroxylation is 8. The van der Waals surface area contributed by atoms with Crippen LogP contribution >= 0.6 is 0 Å². The lowest BCUT2D eigenvalue weighted by Gasteiger charge is -2.47. The minimum atomic E-state index is -0.104. The van der Waals surface area contributed by atoms with Crippen molar-refractivity contribution in [2.24, 2.45) is 0 Å². The highest BCUT2D eigenvalue weighted by Crippen LogP contribution is 2.37. The topological polar surface area (TPSA) is 281 Å².